The second kappa shape index (κ2) is 9.43. The Bertz CT molecular complexity index is 947. The van der Waals surface area contributed by atoms with Crippen LogP contribution in [0.15, 0.2) is 72.8 Å². The van der Waals surface area contributed by atoms with Crippen molar-refractivity contribution in [2.45, 2.75) is 19.8 Å². The van der Waals surface area contributed by atoms with Crippen molar-refractivity contribution in [1.29, 1.82) is 0 Å². The number of terminal acetylenes is 1. The second-order valence-electron chi connectivity index (χ2n) is 6.24. The third-order valence-corrected chi connectivity index (χ3v) is 4.28. The molecule has 0 aliphatic carbocycles. The largest absolute Gasteiger partial charge is 0.494 e. The summed E-state index contributed by atoms with van der Waals surface area (Å²) in [5.74, 6) is 3.52. The number of hydrogen-bond donors (Lipinski definition) is 0. The molecule has 0 aliphatic rings. The van der Waals surface area contributed by atoms with Crippen LogP contribution in [0.4, 0.5) is 0 Å². The maximum atomic E-state index is 11.6. The van der Waals surface area contributed by atoms with Crippen LogP contribution in [-0.2, 0) is 4.79 Å². The summed E-state index contributed by atoms with van der Waals surface area (Å²) in [4.78, 5) is 11.6. The number of esters is 1. The summed E-state index contributed by atoms with van der Waals surface area (Å²) in [6, 6.07) is 23.9. The van der Waals surface area contributed by atoms with Crippen molar-refractivity contribution in [3.63, 3.8) is 0 Å². The molecule has 0 N–H and O–H groups in total. The monoisotopic (exact) mass is 370 g/mol. The van der Waals surface area contributed by atoms with Crippen LogP contribution in [0.3, 0.4) is 0 Å². The first-order chi connectivity index (χ1) is 13.7. The number of hydrogen-bond acceptors (Lipinski definition) is 3. The van der Waals surface area contributed by atoms with Gasteiger partial charge in [-0.25, -0.2) is 0 Å². The van der Waals surface area contributed by atoms with Gasteiger partial charge in [0.15, 0.2) is 0 Å². The average molecular weight is 370 g/mol. The summed E-state index contributed by atoms with van der Waals surface area (Å²) in [6.45, 7) is 2.64. The van der Waals surface area contributed by atoms with Gasteiger partial charge < -0.3 is 9.47 Å². The highest BCUT2D eigenvalue weighted by atomic mass is 16.5. The first kappa shape index (κ1) is 19.3. The lowest BCUT2D eigenvalue weighted by Gasteiger charge is -2.08. The third-order valence-electron chi connectivity index (χ3n) is 4.28. The van der Waals surface area contributed by atoms with Crippen LogP contribution in [0.25, 0.3) is 22.3 Å². The zero-order valence-electron chi connectivity index (χ0n) is 15.9. The van der Waals surface area contributed by atoms with Crippen molar-refractivity contribution >= 4 is 5.97 Å². The predicted octanol–water partition coefficient (Wildman–Crippen LogP) is 5.74. The van der Waals surface area contributed by atoms with Crippen LogP contribution in [0.5, 0.6) is 11.5 Å². The number of carbonyl (C=O) groups is 1. The molecule has 0 bridgehead atoms. The van der Waals surface area contributed by atoms with Crippen molar-refractivity contribution in [1.82, 2.24) is 0 Å². The fourth-order valence-electron chi connectivity index (χ4n) is 2.84. The van der Waals surface area contributed by atoms with Crippen molar-refractivity contribution in [2.75, 3.05) is 6.61 Å². The highest BCUT2D eigenvalue weighted by molar-refractivity contribution is 5.74. The molecule has 0 saturated carbocycles. The number of ether oxygens (including phenoxy) is 2. The summed E-state index contributed by atoms with van der Waals surface area (Å²) in [5.41, 5.74) is 4.44. The van der Waals surface area contributed by atoms with Crippen LogP contribution in [0.2, 0.25) is 0 Å². The van der Waals surface area contributed by atoms with Gasteiger partial charge in [-0.2, -0.15) is 0 Å². The Morgan fingerprint density at radius 1 is 0.786 bits per heavy atom. The maximum Gasteiger partial charge on any atom is 0.312 e. The summed E-state index contributed by atoms with van der Waals surface area (Å²) in [5, 5.41) is 0. The van der Waals surface area contributed by atoms with Gasteiger partial charge in [0.25, 0.3) is 0 Å². The van der Waals surface area contributed by atoms with Crippen LogP contribution >= 0.6 is 0 Å². The Balaban J connectivity index is 1.67. The number of rotatable bonds is 7. The second-order valence-corrected chi connectivity index (χ2v) is 6.24. The van der Waals surface area contributed by atoms with Gasteiger partial charge in [0.1, 0.15) is 11.5 Å². The molecule has 28 heavy (non-hydrogen) atoms. The summed E-state index contributed by atoms with van der Waals surface area (Å²) < 4.78 is 10.8. The summed E-state index contributed by atoms with van der Waals surface area (Å²) in [6.07, 6.45) is 5.77. The standard InChI is InChI=1S/C25H22O3/c1-3-5-6-25(26)28-24-17-13-22(14-18-24)20-9-7-19(8-10-20)21-11-15-23(16-12-21)27-4-2/h1,7-18H,4-6H2,2H3. The van der Waals surface area contributed by atoms with Gasteiger partial charge in [-0.3, -0.25) is 4.79 Å². The molecule has 3 aromatic rings. The Labute approximate surface area is 165 Å². The SMILES string of the molecule is C#CCCC(=O)Oc1ccc(-c2ccc(-c3ccc(OCC)cc3)cc2)cc1. The summed E-state index contributed by atoms with van der Waals surface area (Å²) in [7, 11) is 0. The van der Waals surface area contributed by atoms with Crippen LogP contribution in [-0.4, -0.2) is 12.6 Å². The van der Waals surface area contributed by atoms with Gasteiger partial charge in [0.2, 0.25) is 0 Å². The minimum atomic E-state index is -0.314. The van der Waals surface area contributed by atoms with Crippen molar-refractivity contribution < 1.29 is 14.3 Å². The Morgan fingerprint density at radius 2 is 1.21 bits per heavy atom. The Kier molecular flexibility index (Phi) is 6.49. The zero-order valence-corrected chi connectivity index (χ0v) is 15.9. The minimum absolute atomic E-state index is 0.227. The van der Waals surface area contributed by atoms with Gasteiger partial charge in [-0.05, 0) is 53.4 Å². The summed E-state index contributed by atoms with van der Waals surface area (Å²) >= 11 is 0. The van der Waals surface area contributed by atoms with E-state index in [4.69, 9.17) is 15.9 Å². The van der Waals surface area contributed by atoms with Crippen LogP contribution in [0.1, 0.15) is 19.8 Å². The Morgan fingerprint density at radius 3 is 1.64 bits per heavy atom. The van der Waals surface area contributed by atoms with E-state index in [1.807, 2.05) is 31.2 Å². The molecule has 0 fully saturated rings. The molecule has 0 aromatic heterocycles. The van der Waals surface area contributed by atoms with Gasteiger partial charge in [0.05, 0.1) is 13.0 Å². The number of benzene rings is 3. The fourth-order valence-corrected chi connectivity index (χ4v) is 2.84. The lowest BCUT2D eigenvalue weighted by molar-refractivity contribution is -0.134. The van der Waals surface area contributed by atoms with E-state index in [2.05, 4.69) is 42.3 Å². The molecule has 0 radical (unpaired) electrons. The Hall–Kier alpha value is -3.51. The molecule has 0 amide bonds. The van der Waals surface area contributed by atoms with Crippen LogP contribution < -0.4 is 9.47 Å². The van der Waals surface area contributed by atoms with E-state index in [-0.39, 0.29) is 12.4 Å². The molecule has 3 nitrogen and oxygen atoms in total. The van der Waals surface area contributed by atoms with E-state index < -0.39 is 0 Å². The molecule has 0 atom stereocenters. The van der Waals surface area contributed by atoms with Crippen molar-refractivity contribution in [3.8, 4) is 46.1 Å². The predicted molar refractivity (Wildman–Crippen MR) is 112 cm³/mol. The molecular formula is C25H22O3. The highest BCUT2D eigenvalue weighted by Gasteiger charge is 2.05. The van der Waals surface area contributed by atoms with Gasteiger partial charge >= 0.3 is 5.97 Å². The molecule has 0 spiro atoms. The smallest absolute Gasteiger partial charge is 0.312 e. The molecule has 3 aromatic carbocycles. The van der Waals surface area contributed by atoms with Gasteiger partial charge in [-0.1, -0.05) is 48.5 Å². The van der Waals surface area contributed by atoms with Gasteiger partial charge in [0, 0.05) is 6.42 Å². The molecule has 3 heteroatoms. The highest BCUT2D eigenvalue weighted by Crippen LogP contribution is 2.27. The normalized spacial score (nSPS) is 10.1. The van der Waals surface area contributed by atoms with E-state index in [9.17, 15) is 4.79 Å². The van der Waals surface area contributed by atoms with E-state index in [0.717, 1.165) is 28.0 Å². The molecule has 0 heterocycles. The molecule has 0 saturated heterocycles. The minimum Gasteiger partial charge on any atom is -0.494 e. The number of carbonyl (C=O) groups excluding carboxylic acids is 1. The van der Waals surface area contributed by atoms with Gasteiger partial charge in [-0.15, -0.1) is 12.3 Å². The van der Waals surface area contributed by atoms with E-state index in [1.165, 1.54) is 0 Å². The zero-order chi connectivity index (χ0) is 19.8. The molecule has 0 aliphatic heterocycles. The molecule has 140 valence electrons. The lowest BCUT2D eigenvalue weighted by Crippen LogP contribution is -2.06. The third kappa shape index (κ3) is 5.02. The van der Waals surface area contributed by atoms with E-state index in [0.29, 0.717) is 18.8 Å². The molecule has 0 unspecified atom stereocenters. The quantitative estimate of drug-likeness (QED) is 0.302. The average Bonchev–Trinajstić information content (AvgIpc) is 2.74. The van der Waals surface area contributed by atoms with Crippen molar-refractivity contribution in [2.24, 2.45) is 0 Å². The van der Waals surface area contributed by atoms with Crippen molar-refractivity contribution in [3.05, 3.63) is 72.8 Å². The topological polar surface area (TPSA) is 35.5 Å². The molecule has 3 rings (SSSR count). The fraction of sp³-hybridized carbons (Fsp3) is 0.160. The maximum absolute atomic E-state index is 11.6. The van der Waals surface area contributed by atoms with Crippen LogP contribution in [0, 0.1) is 12.3 Å². The van der Waals surface area contributed by atoms with E-state index in [1.54, 1.807) is 12.1 Å². The lowest BCUT2D eigenvalue weighted by atomic mass is 10.0. The first-order valence-corrected chi connectivity index (χ1v) is 9.27. The first-order valence-electron chi connectivity index (χ1n) is 9.27. The van der Waals surface area contributed by atoms with E-state index >= 15 is 0 Å². The molecular weight excluding hydrogens is 348 g/mol.